The second kappa shape index (κ2) is 24.7. The summed E-state index contributed by atoms with van der Waals surface area (Å²) < 4.78 is 19.7. The SMILES string of the molecule is CCC1C=CCCC2(CC3CCC4C(C(=O)OCCCCCCCCCCCCCCCCC(=O)N(CCCN)CC(O)CCN)C5(CCCC(C)O5)NC(N2)N34)O1. The number of nitrogens with one attached hydrogen (secondary N) is 2. The minimum Gasteiger partial charge on any atom is -0.465 e. The first-order valence-corrected chi connectivity index (χ1v) is 24.1. The predicted octanol–water partition coefficient (Wildman–Crippen LogP) is 6.72. The van der Waals surface area contributed by atoms with Crippen LogP contribution in [0.1, 0.15) is 181 Å². The fourth-order valence-corrected chi connectivity index (χ4v) is 10.7. The Kier molecular flexibility index (Phi) is 20.2. The third-order valence-electron chi connectivity index (χ3n) is 13.7. The van der Waals surface area contributed by atoms with Crippen LogP contribution < -0.4 is 22.1 Å². The average Bonchev–Trinajstić information content (AvgIpc) is 3.51. The van der Waals surface area contributed by atoms with Gasteiger partial charge in [-0.05, 0) is 97.1 Å². The summed E-state index contributed by atoms with van der Waals surface area (Å²) in [7, 11) is 0. The van der Waals surface area contributed by atoms with Gasteiger partial charge in [0.05, 0.1) is 24.9 Å². The van der Waals surface area contributed by atoms with E-state index in [9.17, 15) is 14.7 Å². The molecule has 12 heteroatoms. The number of unbranched alkanes of at least 4 members (excludes halogenated alkanes) is 13. The van der Waals surface area contributed by atoms with Crippen LogP contribution in [0.2, 0.25) is 0 Å². The van der Waals surface area contributed by atoms with Crippen LogP contribution in [-0.2, 0) is 23.8 Å². The molecule has 5 heterocycles. The first-order valence-electron chi connectivity index (χ1n) is 24.1. The van der Waals surface area contributed by atoms with Gasteiger partial charge in [-0.2, -0.15) is 0 Å². The van der Waals surface area contributed by atoms with Gasteiger partial charge in [-0.3, -0.25) is 25.1 Å². The van der Waals surface area contributed by atoms with E-state index >= 15 is 0 Å². The molecule has 0 aliphatic carbocycles. The molecule has 4 saturated heterocycles. The molecule has 4 fully saturated rings. The highest BCUT2D eigenvalue weighted by molar-refractivity contribution is 5.76. The lowest BCUT2D eigenvalue weighted by atomic mass is 9.79. The topological polar surface area (TPSA) is 165 Å². The Morgan fingerprint density at radius 3 is 2.24 bits per heavy atom. The molecule has 58 heavy (non-hydrogen) atoms. The van der Waals surface area contributed by atoms with E-state index in [1.807, 2.05) is 0 Å². The highest BCUT2D eigenvalue weighted by atomic mass is 16.6. The van der Waals surface area contributed by atoms with Crippen molar-refractivity contribution in [2.24, 2.45) is 17.4 Å². The molecule has 9 atom stereocenters. The first-order chi connectivity index (χ1) is 28.2. The molecule has 0 aromatic heterocycles. The maximum absolute atomic E-state index is 14.1. The van der Waals surface area contributed by atoms with Crippen LogP contribution in [0.15, 0.2) is 12.2 Å². The van der Waals surface area contributed by atoms with E-state index < -0.39 is 11.8 Å². The van der Waals surface area contributed by atoms with Crippen LogP contribution in [-0.4, -0.2) is 108 Å². The van der Waals surface area contributed by atoms with Gasteiger partial charge >= 0.3 is 5.97 Å². The molecule has 0 bridgehead atoms. The first kappa shape index (κ1) is 47.4. The normalized spacial score (nSPS) is 31.3. The van der Waals surface area contributed by atoms with E-state index in [0.29, 0.717) is 51.7 Å². The van der Waals surface area contributed by atoms with Crippen molar-refractivity contribution in [3.05, 3.63) is 12.2 Å². The number of aliphatic hydroxyl groups excluding tert-OH is 1. The van der Waals surface area contributed by atoms with Crippen molar-refractivity contribution in [2.75, 3.05) is 32.8 Å². The Morgan fingerprint density at radius 2 is 1.59 bits per heavy atom. The van der Waals surface area contributed by atoms with Gasteiger partial charge in [0.2, 0.25) is 5.91 Å². The summed E-state index contributed by atoms with van der Waals surface area (Å²) in [5, 5.41) is 18.0. The summed E-state index contributed by atoms with van der Waals surface area (Å²) in [6.45, 7) is 6.77. The quantitative estimate of drug-likeness (QED) is 0.0358. The minimum atomic E-state index is -0.722. The molecule has 5 rings (SSSR count). The third-order valence-corrected chi connectivity index (χ3v) is 13.7. The molecular formula is C46H84N6O6. The summed E-state index contributed by atoms with van der Waals surface area (Å²) in [6.07, 6.45) is 31.3. The van der Waals surface area contributed by atoms with Gasteiger partial charge in [-0.15, -0.1) is 0 Å². The number of carbonyl (C=O) groups is 2. The second-order valence-electron chi connectivity index (χ2n) is 18.4. The average molecular weight is 817 g/mol. The Morgan fingerprint density at radius 1 is 0.897 bits per heavy atom. The molecule has 0 aromatic rings. The zero-order chi connectivity index (χ0) is 41.2. The van der Waals surface area contributed by atoms with E-state index in [0.717, 1.165) is 89.9 Å². The summed E-state index contributed by atoms with van der Waals surface area (Å²) >= 11 is 0. The van der Waals surface area contributed by atoms with Crippen LogP contribution in [0.3, 0.4) is 0 Å². The lowest BCUT2D eigenvalue weighted by molar-refractivity contribution is -0.255. The zero-order valence-electron chi connectivity index (χ0n) is 36.7. The Bertz CT molecular complexity index is 1240. The number of allylic oxidation sites excluding steroid dienone is 1. The Labute approximate surface area is 351 Å². The third kappa shape index (κ3) is 13.7. The van der Waals surface area contributed by atoms with Gasteiger partial charge in [0, 0.05) is 38.0 Å². The molecule has 5 aliphatic heterocycles. The number of ether oxygens (including phenoxy) is 3. The monoisotopic (exact) mass is 817 g/mol. The summed E-state index contributed by atoms with van der Waals surface area (Å²) in [6, 6.07) is 0.469. The van der Waals surface area contributed by atoms with Crippen LogP contribution in [0.4, 0.5) is 0 Å². The van der Waals surface area contributed by atoms with Gasteiger partial charge in [0.25, 0.3) is 0 Å². The zero-order valence-corrected chi connectivity index (χ0v) is 36.7. The van der Waals surface area contributed by atoms with Crippen LogP contribution in [0.5, 0.6) is 0 Å². The molecule has 9 unspecified atom stereocenters. The number of nitrogens with zero attached hydrogens (tertiary/aromatic N) is 2. The summed E-state index contributed by atoms with van der Waals surface area (Å²) in [5.41, 5.74) is 10.1. The van der Waals surface area contributed by atoms with E-state index in [4.69, 9.17) is 25.7 Å². The van der Waals surface area contributed by atoms with Crippen molar-refractivity contribution in [1.29, 1.82) is 0 Å². The molecule has 0 radical (unpaired) electrons. The van der Waals surface area contributed by atoms with Gasteiger partial charge in [-0.25, -0.2) is 0 Å². The van der Waals surface area contributed by atoms with Crippen molar-refractivity contribution in [3.63, 3.8) is 0 Å². The number of rotatable bonds is 26. The maximum atomic E-state index is 14.1. The predicted molar refractivity (Wildman–Crippen MR) is 230 cm³/mol. The highest BCUT2D eigenvalue weighted by Crippen LogP contribution is 2.49. The molecule has 1 amide bonds. The number of nitrogens with two attached hydrogens (primary N) is 2. The van der Waals surface area contributed by atoms with Crippen molar-refractivity contribution in [1.82, 2.24) is 20.4 Å². The van der Waals surface area contributed by atoms with E-state index in [-0.39, 0.29) is 48.1 Å². The molecular weight excluding hydrogens is 733 g/mol. The van der Waals surface area contributed by atoms with E-state index in [2.05, 4.69) is 41.5 Å². The van der Waals surface area contributed by atoms with Gasteiger partial charge in [0.15, 0.2) is 0 Å². The molecule has 0 aromatic carbocycles. The van der Waals surface area contributed by atoms with Crippen molar-refractivity contribution in [3.8, 4) is 0 Å². The van der Waals surface area contributed by atoms with Crippen LogP contribution in [0.25, 0.3) is 0 Å². The summed E-state index contributed by atoms with van der Waals surface area (Å²) in [5.74, 6) is -0.293. The number of hydrogen-bond acceptors (Lipinski definition) is 11. The van der Waals surface area contributed by atoms with Crippen molar-refractivity contribution in [2.45, 2.75) is 229 Å². The van der Waals surface area contributed by atoms with Crippen LogP contribution in [0, 0.1) is 5.92 Å². The lowest BCUT2D eigenvalue weighted by Gasteiger charge is -2.60. The minimum absolute atomic E-state index is 0.0846. The molecule has 0 saturated carbocycles. The highest BCUT2D eigenvalue weighted by Gasteiger charge is 2.63. The van der Waals surface area contributed by atoms with Gasteiger partial charge in [-0.1, -0.05) is 96.1 Å². The fourth-order valence-electron chi connectivity index (χ4n) is 10.7. The van der Waals surface area contributed by atoms with Crippen molar-refractivity contribution >= 4 is 11.9 Å². The number of carbonyl (C=O) groups excluding carboxylic acids is 2. The molecule has 5 aliphatic rings. The molecule has 12 nitrogen and oxygen atoms in total. The Balaban J connectivity index is 0.915. The number of aliphatic hydroxyl groups is 1. The second-order valence-corrected chi connectivity index (χ2v) is 18.4. The number of hydrogen-bond donors (Lipinski definition) is 5. The van der Waals surface area contributed by atoms with Gasteiger partial charge in [0.1, 0.15) is 23.7 Å². The van der Waals surface area contributed by atoms with E-state index in [1.54, 1.807) is 4.90 Å². The van der Waals surface area contributed by atoms with Crippen molar-refractivity contribution < 1.29 is 28.9 Å². The Hall–Kier alpha value is -1.64. The maximum Gasteiger partial charge on any atom is 0.314 e. The lowest BCUT2D eigenvalue weighted by Crippen LogP contribution is -2.81. The number of amides is 1. The van der Waals surface area contributed by atoms with Crippen LogP contribution >= 0.6 is 0 Å². The smallest absolute Gasteiger partial charge is 0.314 e. The molecule has 2 spiro atoms. The summed E-state index contributed by atoms with van der Waals surface area (Å²) in [4.78, 5) is 31.1. The van der Waals surface area contributed by atoms with E-state index in [1.165, 1.54) is 64.2 Å². The number of esters is 1. The largest absolute Gasteiger partial charge is 0.465 e. The van der Waals surface area contributed by atoms with Gasteiger partial charge < -0.3 is 35.7 Å². The fraction of sp³-hybridized carbons (Fsp3) is 0.913. The standard InChI is InChI=1S/C46H84N6O6/c1-3-39-23-17-18-28-45(58-39)34-37-25-26-40-42(46(29-20-22-36(2)57-46)50-44(49-45)52(37)40)43(55)56-33-19-15-13-11-9-7-5-4-6-8-10-12-14-16-24-41(54)51(32-21-30-47)35-38(53)27-31-48/h17,23,36-40,42,44,49-50,53H,3-16,18-22,24-35,47-48H2,1-2H3. The molecule has 7 N–H and O–H groups in total. The molecule has 334 valence electrons.